The second kappa shape index (κ2) is 8.79. The van der Waals surface area contributed by atoms with E-state index in [1.807, 2.05) is 55.5 Å². The molecule has 0 saturated carbocycles. The fraction of sp³-hybridized carbons (Fsp3) is 0.150. The molecule has 3 aromatic rings. The molecule has 27 heavy (non-hydrogen) atoms. The van der Waals surface area contributed by atoms with Crippen molar-refractivity contribution in [3.8, 4) is 5.75 Å². The smallest absolute Gasteiger partial charge is 0.282 e. The van der Waals surface area contributed by atoms with E-state index in [0.29, 0.717) is 16.6 Å². The summed E-state index contributed by atoms with van der Waals surface area (Å²) in [5.74, 6) is 0.465. The van der Waals surface area contributed by atoms with E-state index in [4.69, 9.17) is 16.3 Å². The van der Waals surface area contributed by atoms with Gasteiger partial charge in [0.2, 0.25) is 5.01 Å². The Balaban J connectivity index is 1.66. The second-order valence-electron chi connectivity index (χ2n) is 5.85. The number of hydrogen-bond donors (Lipinski definition) is 1. The first-order valence-corrected chi connectivity index (χ1v) is 9.43. The van der Waals surface area contributed by atoms with Gasteiger partial charge in [-0.3, -0.25) is 4.79 Å². The first kappa shape index (κ1) is 19.1. The normalized spacial score (nSPS) is 11.3. The van der Waals surface area contributed by atoms with Crippen LogP contribution in [0.3, 0.4) is 0 Å². The van der Waals surface area contributed by atoms with Gasteiger partial charge in [-0.1, -0.05) is 64.9 Å². The maximum atomic E-state index is 12.3. The molecule has 1 amide bonds. The van der Waals surface area contributed by atoms with Gasteiger partial charge >= 0.3 is 0 Å². The monoisotopic (exact) mass is 399 g/mol. The summed E-state index contributed by atoms with van der Waals surface area (Å²) in [6.07, 6.45) is 1.76. The quantitative estimate of drug-likeness (QED) is 0.661. The predicted octanol–water partition coefficient (Wildman–Crippen LogP) is 4.52. The number of halogens is 1. The third kappa shape index (κ3) is 5.15. The van der Waals surface area contributed by atoms with Crippen molar-refractivity contribution < 1.29 is 9.53 Å². The van der Waals surface area contributed by atoms with Gasteiger partial charge in [0.05, 0.1) is 12.1 Å². The Bertz CT molecular complexity index is 967. The van der Waals surface area contributed by atoms with Crippen LogP contribution in [0.2, 0.25) is 0 Å². The average molecular weight is 400 g/mol. The molecule has 0 aliphatic heterocycles. The summed E-state index contributed by atoms with van der Waals surface area (Å²) in [4.78, 5) is 12.3. The van der Waals surface area contributed by atoms with Gasteiger partial charge in [0, 0.05) is 6.54 Å². The molecule has 0 aliphatic carbocycles. The lowest BCUT2D eigenvalue weighted by atomic mass is 10.1. The van der Waals surface area contributed by atoms with E-state index in [1.54, 1.807) is 13.2 Å². The minimum atomic E-state index is -0.273. The second-order valence-corrected chi connectivity index (χ2v) is 7.23. The van der Waals surface area contributed by atoms with Crippen LogP contribution in [-0.4, -0.2) is 23.2 Å². The maximum absolute atomic E-state index is 12.3. The lowest BCUT2D eigenvalue weighted by Crippen LogP contribution is -2.22. The molecule has 1 N–H and O–H groups in total. The Morgan fingerprint density at radius 2 is 1.93 bits per heavy atom. The average Bonchev–Trinajstić information content (AvgIpc) is 3.18. The van der Waals surface area contributed by atoms with Gasteiger partial charge in [-0.25, -0.2) is 0 Å². The Hall–Kier alpha value is -2.70. The highest BCUT2D eigenvalue weighted by molar-refractivity contribution is 7.15. The molecular weight excluding hydrogens is 382 g/mol. The number of carbonyl (C=O) groups excluding carboxylic acids is 1. The first-order valence-electron chi connectivity index (χ1n) is 8.24. The van der Waals surface area contributed by atoms with Crippen LogP contribution in [0.1, 0.15) is 31.5 Å². The maximum Gasteiger partial charge on any atom is 0.282 e. The summed E-state index contributed by atoms with van der Waals surface area (Å²) in [7, 11) is 1.61. The van der Waals surface area contributed by atoms with Crippen molar-refractivity contribution in [2.24, 2.45) is 0 Å². The van der Waals surface area contributed by atoms with E-state index < -0.39 is 0 Å². The summed E-state index contributed by atoms with van der Waals surface area (Å²) < 4.78 is 5.20. The Kier molecular flexibility index (Phi) is 6.21. The zero-order chi connectivity index (χ0) is 19.2. The number of benzene rings is 2. The van der Waals surface area contributed by atoms with Gasteiger partial charge in [0.1, 0.15) is 5.75 Å². The van der Waals surface area contributed by atoms with Crippen molar-refractivity contribution >= 4 is 40.0 Å². The fourth-order valence-corrected chi connectivity index (χ4v) is 3.26. The van der Waals surface area contributed by atoms with Gasteiger partial charge in [0.15, 0.2) is 5.01 Å². The van der Waals surface area contributed by atoms with Gasteiger partial charge in [0.25, 0.3) is 5.91 Å². The largest absolute Gasteiger partial charge is 0.497 e. The van der Waals surface area contributed by atoms with Crippen molar-refractivity contribution in [3.63, 3.8) is 0 Å². The summed E-state index contributed by atoms with van der Waals surface area (Å²) in [5, 5.41) is 12.0. The highest BCUT2D eigenvalue weighted by atomic mass is 35.5. The molecule has 5 nitrogen and oxygen atoms in total. The van der Waals surface area contributed by atoms with Crippen molar-refractivity contribution in [3.05, 3.63) is 75.2 Å². The fourth-order valence-electron chi connectivity index (χ4n) is 2.31. The van der Waals surface area contributed by atoms with Crippen LogP contribution in [0.15, 0.2) is 48.5 Å². The highest BCUT2D eigenvalue weighted by Gasteiger charge is 2.14. The molecule has 3 rings (SSSR count). The number of amides is 1. The van der Waals surface area contributed by atoms with Gasteiger partial charge in [-0.15, -0.1) is 10.2 Å². The lowest BCUT2D eigenvalue weighted by molar-refractivity contribution is 0.0950. The van der Waals surface area contributed by atoms with Crippen LogP contribution in [0.25, 0.3) is 11.1 Å². The van der Waals surface area contributed by atoms with Crippen LogP contribution in [0.5, 0.6) is 5.75 Å². The van der Waals surface area contributed by atoms with Gasteiger partial charge in [-0.05, 0) is 36.3 Å². The third-order valence-electron chi connectivity index (χ3n) is 3.78. The number of nitrogens with zero attached hydrogens (tertiary/aromatic N) is 2. The number of aromatic nitrogens is 2. The molecule has 0 unspecified atom stereocenters. The summed E-state index contributed by atoms with van der Waals surface area (Å²) in [6, 6.07) is 15.5. The van der Waals surface area contributed by atoms with Crippen LogP contribution in [0.4, 0.5) is 0 Å². The standard InChI is InChI=1S/C20H18ClN3O2S/c1-13-6-8-14(9-7-13)12-22-18(25)20-24-23-19(27-20)17(21)11-15-4-3-5-16(10-15)26-2/h3-11H,12H2,1-2H3,(H,22,25). The molecule has 0 aliphatic rings. The minimum Gasteiger partial charge on any atom is -0.497 e. The van der Waals surface area contributed by atoms with E-state index >= 15 is 0 Å². The van der Waals surface area contributed by atoms with Crippen molar-refractivity contribution in [2.75, 3.05) is 7.11 Å². The van der Waals surface area contributed by atoms with Crippen LogP contribution < -0.4 is 10.1 Å². The SMILES string of the molecule is COc1cccc(C=C(Cl)c2nnc(C(=O)NCc3ccc(C)cc3)s2)c1. The number of methoxy groups -OCH3 is 1. The molecule has 2 aromatic carbocycles. The van der Waals surface area contributed by atoms with Crippen LogP contribution in [0, 0.1) is 6.92 Å². The lowest BCUT2D eigenvalue weighted by Gasteiger charge is -2.03. The molecule has 138 valence electrons. The Labute approximate surface area is 166 Å². The third-order valence-corrected chi connectivity index (χ3v) is 5.14. The molecule has 0 fully saturated rings. The molecule has 0 spiro atoms. The molecular formula is C20H18ClN3O2S. The summed E-state index contributed by atoms with van der Waals surface area (Å²) >= 11 is 7.49. The Morgan fingerprint density at radius 3 is 2.67 bits per heavy atom. The van der Waals surface area contributed by atoms with E-state index in [0.717, 1.165) is 28.2 Å². The number of carbonyl (C=O) groups is 1. The van der Waals surface area contributed by atoms with Crippen LogP contribution in [-0.2, 0) is 6.54 Å². The molecule has 7 heteroatoms. The van der Waals surface area contributed by atoms with E-state index in [9.17, 15) is 4.79 Å². The highest BCUT2D eigenvalue weighted by Crippen LogP contribution is 2.26. The molecule has 0 radical (unpaired) electrons. The number of rotatable bonds is 6. The molecule has 0 atom stereocenters. The van der Waals surface area contributed by atoms with E-state index in [-0.39, 0.29) is 10.9 Å². The van der Waals surface area contributed by atoms with Gasteiger partial charge in [-0.2, -0.15) is 0 Å². The van der Waals surface area contributed by atoms with Crippen molar-refractivity contribution in [2.45, 2.75) is 13.5 Å². The molecule has 0 bridgehead atoms. The number of ether oxygens (including phenoxy) is 1. The summed E-state index contributed by atoms with van der Waals surface area (Å²) in [6.45, 7) is 2.45. The summed E-state index contributed by atoms with van der Waals surface area (Å²) in [5.41, 5.74) is 3.07. The van der Waals surface area contributed by atoms with E-state index in [2.05, 4.69) is 15.5 Å². The number of nitrogens with one attached hydrogen (secondary N) is 1. The molecule has 1 heterocycles. The zero-order valence-electron chi connectivity index (χ0n) is 14.9. The van der Waals surface area contributed by atoms with E-state index in [1.165, 1.54) is 5.56 Å². The first-order chi connectivity index (χ1) is 13.0. The number of hydrogen-bond acceptors (Lipinski definition) is 5. The Morgan fingerprint density at radius 1 is 1.19 bits per heavy atom. The zero-order valence-corrected chi connectivity index (χ0v) is 16.5. The predicted molar refractivity (Wildman–Crippen MR) is 109 cm³/mol. The van der Waals surface area contributed by atoms with Gasteiger partial charge < -0.3 is 10.1 Å². The van der Waals surface area contributed by atoms with Crippen LogP contribution >= 0.6 is 22.9 Å². The molecule has 1 aromatic heterocycles. The topological polar surface area (TPSA) is 64.1 Å². The molecule has 0 saturated heterocycles. The minimum absolute atomic E-state index is 0.273. The van der Waals surface area contributed by atoms with Crippen molar-refractivity contribution in [1.82, 2.24) is 15.5 Å². The number of aryl methyl sites for hydroxylation is 1. The van der Waals surface area contributed by atoms with Crippen molar-refractivity contribution in [1.29, 1.82) is 0 Å².